The second-order valence-corrected chi connectivity index (χ2v) is 3.28. The highest BCUT2D eigenvalue weighted by molar-refractivity contribution is 4.85. The lowest BCUT2D eigenvalue weighted by molar-refractivity contribution is 0.160. The number of likely N-dealkylation sites (tertiary alicyclic amines) is 1. The Bertz CT molecular complexity index is 109. The van der Waals surface area contributed by atoms with Gasteiger partial charge in [0, 0.05) is 26.4 Å². The largest absolute Gasteiger partial charge is 0.381 e. The van der Waals surface area contributed by atoms with Gasteiger partial charge in [-0.1, -0.05) is 21.3 Å². The van der Waals surface area contributed by atoms with Crippen LogP contribution in [0, 0.1) is 11.8 Å². The van der Waals surface area contributed by atoms with Crippen molar-refractivity contribution < 1.29 is 6.16 Å². The van der Waals surface area contributed by atoms with Crippen LogP contribution >= 0.6 is 0 Å². The number of hydrogen-bond acceptors (Lipinski definition) is 2. The molecule has 12 heavy (non-hydrogen) atoms. The molecule has 0 N–H and O–H groups in total. The average molecular weight is 175 g/mol. The number of rotatable bonds is 0. The zero-order valence-electron chi connectivity index (χ0n) is 7.84. The fraction of sp³-hybridized carbons (Fsp3) is 1.00. The Balaban J connectivity index is 0. The van der Waals surface area contributed by atoms with Crippen LogP contribution in [-0.2, 0) is 4.74 Å². The number of hydrogen-bond donors (Lipinski definition) is 0. The molecule has 0 aliphatic carbocycles. The van der Waals surface area contributed by atoms with Gasteiger partial charge in [-0.25, -0.2) is 0 Å². The molecule has 2 aliphatic rings. The van der Waals surface area contributed by atoms with Gasteiger partial charge < -0.3 is 9.64 Å². The van der Waals surface area contributed by atoms with Crippen LogP contribution in [0.2, 0.25) is 0 Å². The fourth-order valence-electron chi connectivity index (χ4n) is 1.92. The van der Waals surface area contributed by atoms with Gasteiger partial charge >= 0.3 is 0 Å². The molecule has 0 aromatic heterocycles. The molecule has 2 rings (SSSR count). The van der Waals surface area contributed by atoms with Crippen molar-refractivity contribution in [1.82, 2.24) is 4.90 Å². The standard InChI is InChI=1S/C7H13NO.C2H6.CH4.H2/c1-8-2-6-4-9-5-7(6)3-8;1-2;;/h6-7H,2-5H2,1H3;1-2H3;1H4;1H/t6-,7?;;;/m1.../s1. The molecule has 0 saturated carbocycles. The molecule has 2 saturated heterocycles. The molecule has 2 fully saturated rings. The highest BCUT2D eigenvalue weighted by Gasteiger charge is 2.35. The second-order valence-electron chi connectivity index (χ2n) is 3.28. The molecule has 0 bridgehead atoms. The van der Waals surface area contributed by atoms with E-state index in [0.29, 0.717) is 0 Å². The minimum atomic E-state index is 0. The Morgan fingerprint density at radius 2 is 1.58 bits per heavy atom. The topological polar surface area (TPSA) is 12.5 Å². The Morgan fingerprint density at radius 3 is 2.00 bits per heavy atom. The summed E-state index contributed by atoms with van der Waals surface area (Å²) >= 11 is 0. The molecule has 0 amide bonds. The summed E-state index contributed by atoms with van der Waals surface area (Å²) in [5.74, 6) is 1.71. The van der Waals surface area contributed by atoms with Crippen LogP contribution in [0.1, 0.15) is 22.7 Å². The summed E-state index contributed by atoms with van der Waals surface area (Å²) in [7, 11) is 2.19. The maximum absolute atomic E-state index is 5.33. The molecule has 2 aliphatic heterocycles. The van der Waals surface area contributed by atoms with Gasteiger partial charge in [-0.15, -0.1) is 0 Å². The van der Waals surface area contributed by atoms with Crippen molar-refractivity contribution in [3.8, 4) is 0 Å². The van der Waals surface area contributed by atoms with E-state index < -0.39 is 0 Å². The van der Waals surface area contributed by atoms with E-state index in [-0.39, 0.29) is 8.85 Å². The fourth-order valence-corrected chi connectivity index (χ4v) is 1.92. The lowest BCUT2D eigenvalue weighted by Gasteiger charge is -2.07. The lowest BCUT2D eigenvalue weighted by atomic mass is 10.0. The Hall–Kier alpha value is -0.0800. The highest BCUT2D eigenvalue weighted by atomic mass is 16.5. The highest BCUT2D eigenvalue weighted by Crippen LogP contribution is 2.27. The number of nitrogens with zero attached hydrogens (tertiary/aromatic N) is 1. The summed E-state index contributed by atoms with van der Waals surface area (Å²) in [5.41, 5.74) is 0. The zero-order valence-corrected chi connectivity index (χ0v) is 7.84. The first-order valence-electron chi connectivity index (χ1n) is 4.62. The molecular formula is C10H25NO. The van der Waals surface area contributed by atoms with Crippen molar-refractivity contribution >= 4 is 0 Å². The number of fused-ring (bicyclic) bond motifs is 1. The predicted octanol–water partition coefficient (Wildman–Crippen LogP) is 2.10. The zero-order chi connectivity index (χ0) is 8.27. The smallest absolute Gasteiger partial charge is 0.0510 e. The van der Waals surface area contributed by atoms with E-state index in [1.54, 1.807) is 0 Å². The van der Waals surface area contributed by atoms with Crippen LogP contribution in [0.5, 0.6) is 0 Å². The quantitative estimate of drug-likeness (QED) is 0.559. The van der Waals surface area contributed by atoms with Gasteiger partial charge in [0.1, 0.15) is 0 Å². The Morgan fingerprint density at radius 1 is 1.17 bits per heavy atom. The van der Waals surface area contributed by atoms with Crippen molar-refractivity contribution in [2.75, 3.05) is 33.4 Å². The first-order chi connectivity index (χ1) is 5.36. The van der Waals surface area contributed by atoms with E-state index in [0.717, 1.165) is 25.0 Å². The van der Waals surface area contributed by atoms with Gasteiger partial charge in [-0.2, -0.15) is 0 Å². The Labute approximate surface area is 78.4 Å². The molecule has 2 heterocycles. The minimum absolute atomic E-state index is 0. The van der Waals surface area contributed by atoms with E-state index >= 15 is 0 Å². The molecule has 0 aromatic carbocycles. The third-order valence-electron chi connectivity index (χ3n) is 2.42. The van der Waals surface area contributed by atoms with Gasteiger partial charge in [0.2, 0.25) is 0 Å². The average Bonchev–Trinajstić information content (AvgIpc) is 2.51. The van der Waals surface area contributed by atoms with Gasteiger partial charge in [0.15, 0.2) is 0 Å². The normalized spacial score (nSPS) is 33.2. The van der Waals surface area contributed by atoms with Crippen LogP contribution < -0.4 is 0 Å². The third-order valence-corrected chi connectivity index (χ3v) is 2.42. The summed E-state index contributed by atoms with van der Waals surface area (Å²) in [4.78, 5) is 2.40. The molecule has 0 aromatic rings. The maximum Gasteiger partial charge on any atom is 0.0510 e. The van der Waals surface area contributed by atoms with Crippen LogP contribution in [-0.4, -0.2) is 38.3 Å². The van der Waals surface area contributed by atoms with E-state index in [9.17, 15) is 0 Å². The van der Waals surface area contributed by atoms with Crippen LogP contribution in [0.25, 0.3) is 0 Å². The molecule has 1 unspecified atom stereocenters. The molecule has 0 radical (unpaired) electrons. The van der Waals surface area contributed by atoms with Crippen LogP contribution in [0.3, 0.4) is 0 Å². The summed E-state index contributed by atoms with van der Waals surface area (Å²) in [5, 5.41) is 0. The molecule has 2 heteroatoms. The summed E-state index contributed by atoms with van der Waals surface area (Å²) in [6.45, 7) is 8.53. The van der Waals surface area contributed by atoms with Gasteiger partial charge in [-0.3, -0.25) is 0 Å². The summed E-state index contributed by atoms with van der Waals surface area (Å²) in [6.07, 6.45) is 0. The molecule has 0 spiro atoms. The first-order valence-corrected chi connectivity index (χ1v) is 4.62. The number of ether oxygens (including phenoxy) is 1. The van der Waals surface area contributed by atoms with Gasteiger partial charge in [0.25, 0.3) is 0 Å². The first kappa shape index (κ1) is 11.9. The van der Waals surface area contributed by atoms with Crippen LogP contribution in [0.15, 0.2) is 0 Å². The van der Waals surface area contributed by atoms with Gasteiger partial charge in [0.05, 0.1) is 13.2 Å². The van der Waals surface area contributed by atoms with Crippen molar-refractivity contribution in [3.63, 3.8) is 0 Å². The second kappa shape index (κ2) is 5.55. The van der Waals surface area contributed by atoms with Crippen molar-refractivity contribution in [3.05, 3.63) is 0 Å². The predicted molar refractivity (Wildman–Crippen MR) is 55.5 cm³/mol. The van der Waals surface area contributed by atoms with E-state index in [1.165, 1.54) is 13.1 Å². The van der Waals surface area contributed by atoms with E-state index in [2.05, 4.69) is 11.9 Å². The van der Waals surface area contributed by atoms with Gasteiger partial charge in [-0.05, 0) is 7.05 Å². The van der Waals surface area contributed by atoms with Crippen molar-refractivity contribution in [1.29, 1.82) is 0 Å². The van der Waals surface area contributed by atoms with E-state index in [4.69, 9.17) is 4.74 Å². The SMILES string of the molecule is C.CC.CN1CC2COC[C@H]2C1.[HH]. The molecule has 76 valence electrons. The molecule has 2 atom stereocenters. The monoisotopic (exact) mass is 175 g/mol. The molecular weight excluding hydrogens is 150 g/mol. The van der Waals surface area contributed by atoms with Crippen LogP contribution in [0.4, 0.5) is 0 Å². The van der Waals surface area contributed by atoms with Crippen molar-refractivity contribution in [2.24, 2.45) is 11.8 Å². The lowest BCUT2D eigenvalue weighted by Crippen LogP contribution is -2.16. The summed E-state index contributed by atoms with van der Waals surface area (Å²) in [6, 6.07) is 0. The van der Waals surface area contributed by atoms with Crippen molar-refractivity contribution in [2.45, 2.75) is 21.3 Å². The molecule has 2 nitrogen and oxygen atoms in total. The third kappa shape index (κ3) is 2.46. The maximum atomic E-state index is 5.33. The summed E-state index contributed by atoms with van der Waals surface area (Å²) < 4.78 is 5.33. The van der Waals surface area contributed by atoms with E-state index in [1.807, 2.05) is 13.8 Å². The minimum Gasteiger partial charge on any atom is -0.381 e. The Kier molecular flexibility index (Phi) is 5.51.